The van der Waals surface area contributed by atoms with Gasteiger partial charge >= 0.3 is 0 Å². The summed E-state index contributed by atoms with van der Waals surface area (Å²) in [5.41, 5.74) is 19.2. The van der Waals surface area contributed by atoms with Crippen LogP contribution in [-0.4, -0.2) is 0 Å². The molecular weight excluding hydrogens is 767 g/mol. The molecule has 2 aliphatic rings. The van der Waals surface area contributed by atoms with Crippen LogP contribution in [-0.2, 0) is 0 Å². The van der Waals surface area contributed by atoms with E-state index in [2.05, 4.69) is 217 Å². The molecule has 3 heteroatoms. The molecule has 63 heavy (non-hydrogen) atoms. The fourth-order valence-electron chi connectivity index (χ4n) is 9.39. The first kappa shape index (κ1) is 36.5. The van der Waals surface area contributed by atoms with Crippen LogP contribution in [0.1, 0.15) is 0 Å². The van der Waals surface area contributed by atoms with Crippen LogP contribution in [0.25, 0.3) is 77.9 Å². The van der Waals surface area contributed by atoms with Gasteiger partial charge in [-0.25, -0.2) is 0 Å². The lowest BCUT2D eigenvalue weighted by Crippen LogP contribution is -2.09. The number of fused-ring (bicyclic) bond motifs is 10. The fraction of sp³-hybridized carbons (Fsp3) is 0. The zero-order chi connectivity index (χ0) is 41.7. The van der Waals surface area contributed by atoms with Gasteiger partial charge in [-0.15, -0.1) is 0 Å². The van der Waals surface area contributed by atoms with Gasteiger partial charge in [0.15, 0.2) is 0 Å². The molecule has 3 nitrogen and oxygen atoms in total. The molecule has 0 radical (unpaired) electrons. The van der Waals surface area contributed by atoms with Crippen LogP contribution in [0.2, 0.25) is 0 Å². The van der Waals surface area contributed by atoms with Crippen molar-refractivity contribution in [2.45, 2.75) is 0 Å². The Morgan fingerprint density at radius 3 is 0.937 bits per heavy atom. The van der Waals surface area contributed by atoms with Crippen LogP contribution in [0.5, 0.6) is 23.0 Å². The molecule has 0 atom stereocenters. The molecule has 10 aromatic rings. The topological polar surface area (TPSA) is 21.7 Å². The number of nitrogens with zero attached hydrogens (tertiary/aromatic N) is 1. The smallest absolute Gasteiger partial charge is 0.135 e. The zero-order valence-electron chi connectivity index (χ0n) is 34.3. The van der Waals surface area contributed by atoms with Crippen molar-refractivity contribution in [3.05, 3.63) is 237 Å². The van der Waals surface area contributed by atoms with Gasteiger partial charge in [0.2, 0.25) is 0 Å². The minimum Gasteiger partial charge on any atom is -0.456 e. The normalized spacial score (nSPS) is 11.7. The van der Waals surface area contributed by atoms with Gasteiger partial charge in [-0.3, -0.25) is 0 Å². The maximum atomic E-state index is 6.55. The molecule has 296 valence electrons. The maximum absolute atomic E-state index is 6.55. The molecular formula is C60H39NO2. The zero-order valence-corrected chi connectivity index (χ0v) is 34.3. The SMILES string of the molecule is c1ccc(-c2ccc(N(c3ccc(-c4cccc5c4-c4ccccc4Oc4ccccc4-5)cc3)c3ccc(-c4cccc5c4-c4ccccc4Oc4ccccc4-5)cc3)cc2)cc1. The number of ether oxygens (including phenoxy) is 2. The predicted molar refractivity (Wildman–Crippen MR) is 259 cm³/mol. The molecule has 0 aromatic heterocycles. The van der Waals surface area contributed by atoms with Crippen molar-refractivity contribution in [1.29, 1.82) is 0 Å². The Morgan fingerprint density at radius 1 is 0.206 bits per heavy atom. The maximum Gasteiger partial charge on any atom is 0.135 e. The lowest BCUT2D eigenvalue weighted by atomic mass is 9.87. The van der Waals surface area contributed by atoms with E-state index in [0.717, 1.165) is 95.7 Å². The Kier molecular flexibility index (Phi) is 8.83. The number of para-hydroxylation sites is 4. The van der Waals surface area contributed by atoms with E-state index in [0.29, 0.717) is 0 Å². The molecule has 10 aromatic carbocycles. The lowest BCUT2D eigenvalue weighted by molar-refractivity contribution is 0.487. The second-order valence-corrected chi connectivity index (χ2v) is 16.0. The van der Waals surface area contributed by atoms with Crippen LogP contribution in [0, 0.1) is 0 Å². The second kappa shape index (κ2) is 15.3. The Hall–Kier alpha value is -8.40. The van der Waals surface area contributed by atoms with Crippen molar-refractivity contribution < 1.29 is 9.47 Å². The van der Waals surface area contributed by atoms with E-state index >= 15 is 0 Å². The largest absolute Gasteiger partial charge is 0.456 e. The molecule has 0 N–H and O–H groups in total. The Labute approximate surface area is 367 Å². The molecule has 12 rings (SSSR count). The van der Waals surface area contributed by atoms with Gasteiger partial charge < -0.3 is 14.4 Å². The van der Waals surface area contributed by atoms with Crippen molar-refractivity contribution in [3.63, 3.8) is 0 Å². The van der Waals surface area contributed by atoms with E-state index in [-0.39, 0.29) is 0 Å². The summed E-state index contributed by atoms with van der Waals surface area (Å²) in [6.07, 6.45) is 0. The molecule has 2 heterocycles. The summed E-state index contributed by atoms with van der Waals surface area (Å²) in [6.45, 7) is 0. The summed E-state index contributed by atoms with van der Waals surface area (Å²) in [7, 11) is 0. The standard InChI is InChI=1S/C60H39NO2/c1-2-14-40(15-3-1)41-28-34-44(35-29-41)61(45-36-30-42(31-37-45)47-20-12-22-51-49-16-4-8-24-55(49)62-57-26-10-6-18-53(57)59(47)51)46-38-32-43(33-39-46)48-21-13-23-52-50-17-5-9-25-56(50)63-58-27-11-7-19-54(58)60(48)52/h1-39H. The van der Waals surface area contributed by atoms with E-state index in [4.69, 9.17) is 9.47 Å². The summed E-state index contributed by atoms with van der Waals surface area (Å²) in [6, 6.07) is 84.0. The van der Waals surface area contributed by atoms with Gasteiger partial charge in [0, 0.05) is 50.4 Å². The highest BCUT2D eigenvalue weighted by atomic mass is 16.5. The third-order valence-electron chi connectivity index (χ3n) is 12.3. The number of hydrogen-bond acceptors (Lipinski definition) is 3. The average Bonchev–Trinajstić information content (AvgIpc) is 3.60. The molecule has 0 saturated heterocycles. The highest BCUT2D eigenvalue weighted by Crippen LogP contribution is 2.52. The number of benzene rings is 10. The van der Waals surface area contributed by atoms with Gasteiger partial charge in [0.25, 0.3) is 0 Å². The monoisotopic (exact) mass is 805 g/mol. The van der Waals surface area contributed by atoms with Gasteiger partial charge in [-0.2, -0.15) is 0 Å². The minimum atomic E-state index is 0.857. The molecule has 0 spiro atoms. The summed E-state index contributed by atoms with van der Waals surface area (Å²) in [4.78, 5) is 2.35. The van der Waals surface area contributed by atoms with Crippen molar-refractivity contribution in [3.8, 4) is 101 Å². The van der Waals surface area contributed by atoms with Crippen LogP contribution < -0.4 is 14.4 Å². The number of rotatable bonds is 6. The van der Waals surface area contributed by atoms with E-state index < -0.39 is 0 Å². The summed E-state index contributed by atoms with van der Waals surface area (Å²) in [5, 5.41) is 0. The molecule has 0 unspecified atom stereocenters. The van der Waals surface area contributed by atoms with Crippen molar-refractivity contribution in [2.24, 2.45) is 0 Å². The first-order valence-electron chi connectivity index (χ1n) is 21.4. The molecule has 0 fully saturated rings. The Bertz CT molecular complexity index is 3130. The fourth-order valence-corrected chi connectivity index (χ4v) is 9.39. The van der Waals surface area contributed by atoms with Crippen LogP contribution in [0.4, 0.5) is 17.1 Å². The highest BCUT2D eigenvalue weighted by Gasteiger charge is 2.25. The minimum absolute atomic E-state index is 0.857. The number of anilines is 3. The Morgan fingerprint density at radius 2 is 0.508 bits per heavy atom. The van der Waals surface area contributed by atoms with E-state index in [1.54, 1.807) is 0 Å². The van der Waals surface area contributed by atoms with Gasteiger partial charge in [0.05, 0.1) is 0 Å². The number of hydrogen-bond donors (Lipinski definition) is 0. The predicted octanol–water partition coefficient (Wildman–Crippen LogP) is 17.0. The summed E-state index contributed by atoms with van der Waals surface area (Å²) < 4.78 is 13.1. The third-order valence-corrected chi connectivity index (χ3v) is 12.3. The van der Waals surface area contributed by atoms with E-state index in [9.17, 15) is 0 Å². The van der Waals surface area contributed by atoms with Crippen LogP contribution in [0.15, 0.2) is 237 Å². The first-order valence-corrected chi connectivity index (χ1v) is 21.4. The molecule has 0 bridgehead atoms. The van der Waals surface area contributed by atoms with E-state index in [1.807, 2.05) is 24.3 Å². The van der Waals surface area contributed by atoms with Gasteiger partial charge in [-0.05, 0) is 105 Å². The summed E-state index contributed by atoms with van der Waals surface area (Å²) in [5.74, 6) is 3.44. The third kappa shape index (κ3) is 6.38. The molecule has 0 aliphatic carbocycles. The molecule has 0 amide bonds. The molecule has 0 saturated carbocycles. The Balaban J connectivity index is 0.967. The highest BCUT2D eigenvalue weighted by molar-refractivity contribution is 6.00. The quantitative estimate of drug-likeness (QED) is 0.167. The van der Waals surface area contributed by atoms with Gasteiger partial charge in [0.1, 0.15) is 23.0 Å². The summed E-state index contributed by atoms with van der Waals surface area (Å²) >= 11 is 0. The van der Waals surface area contributed by atoms with Crippen LogP contribution in [0.3, 0.4) is 0 Å². The van der Waals surface area contributed by atoms with Crippen molar-refractivity contribution in [1.82, 2.24) is 0 Å². The van der Waals surface area contributed by atoms with Crippen molar-refractivity contribution in [2.75, 3.05) is 4.90 Å². The van der Waals surface area contributed by atoms with Crippen LogP contribution >= 0.6 is 0 Å². The molecule has 2 aliphatic heterocycles. The van der Waals surface area contributed by atoms with Crippen molar-refractivity contribution >= 4 is 17.1 Å². The second-order valence-electron chi connectivity index (χ2n) is 16.0. The van der Waals surface area contributed by atoms with E-state index in [1.165, 1.54) is 22.3 Å². The van der Waals surface area contributed by atoms with Gasteiger partial charge in [-0.1, -0.05) is 176 Å². The first-order chi connectivity index (χ1) is 31.2. The average molecular weight is 806 g/mol. The lowest BCUT2D eigenvalue weighted by Gasteiger charge is -2.26.